The van der Waals surface area contributed by atoms with Crippen molar-refractivity contribution in [3.63, 3.8) is 0 Å². The van der Waals surface area contributed by atoms with Gasteiger partial charge < -0.3 is 10.2 Å². The molecule has 4 rings (SSSR count). The Bertz CT molecular complexity index is 1270. The summed E-state index contributed by atoms with van der Waals surface area (Å²) in [6.07, 6.45) is 2.58. The van der Waals surface area contributed by atoms with Crippen LogP contribution in [-0.4, -0.2) is 33.2 Å². The smallest absolute Gasteiger partial charge is 0.254 e. The number of benzene rings is 2. The molecule has 2 amide bonds. The molecule has 0 spiro atoms. The predicted octanol–water partition coefficient (Wildman–Crippen LogP) is 5.77. The number of carbonyl (C=O) groups is 3. The van der Waals surface area contributed by atoms with Crippen LogP contribution in [0, 0.1) is 0 Å². The van der Waals surface area contributed by atoms with Crippen molar-refractivity contribution >= 4 is 34.3 Å². The largest absolute Gasteiger partial charge is 0.332 e. The minimum Gasteiger partial charge on any atom is -0.332 e. The van der Waals surface area contributed by atoms with Crippen LogP contribution in [0.15, 0.2) is 73.8 Å². The van der Waals surface area contributed by atoms with Gasteiger partial charge in [-0.25, -0.2) is 0 Å². The lowest BCUT2D eigenvalue weighted by Crippen LogP contribution is -2.30. The third-order valence-corrected chi connectivity index (χ3v) is 5.79. The highest BCUT2D eigenvalue weighted by Crippen LogP contribution is 2.30. The molecular weight excluding hydrogens is 426 g/mol. The van der Waals surface area contributed by atoms with E-state index in [0.29, 0.717) is 23.7 Å². The lowest BCUT2D eigenvalue weighted by atomic mass is 10.1. The Morgan fingerprint density at radius 3 is 2.32 bits per heavy atom. The summed E-state index contributed by atoms with van der Waals surface area (Å²) in [4.78, 5) is 37.1. The molecule has 0 bridgehead atoms. The molecule has 0 saturated carbocycles. The van der Waals surface area contributed by atoms with Gasteiger partial charge in [-0.3, -0.25) is 19.0 Å². The first-order chi connectivity index (χ1) is 16.2. The molecule has 2 heterocycles. The fraction of sp³-hybridized carbons (Fsp3) is 0.250. The first kappa shape index (κ1) is 24.7. The molecule has 1 aromatic heterocycles. The molecule has 0 fully saturated rings. The third-order valence-electron chi connectivity index (χ3n) is 5.79. The van der Waals surface area contributed by atoms with E-state index < -0.39 is 0 Å². The van der Waals surface area contributed by atoms with E-state index in [1.54, 1.807) is 27.7 Å². The zero-order valence-corrected chi connectivity index (χ0v) is 20.2. The first-order valence-corrected chi connectivity index (χ1v) is 11.3. The maximum Gasteiger partial charge on any atom is 0.254 e. The van der Waals surface area contributed by atoms with Crippen LogP contribution in [0.2, 0.25) is 0 Å². The first-order valence-electron chi connectivity index (χ1n) is 11.3. The van der Waals surface area contributed by atoms with E-state index in [1.165, 1.54) is 12.2 Å². The average Bonchev–Trinajstić information content (AvgIpc) is 3.38. The molecule has 0 saturated heterocycles. The van der Waals surface area contributed by atoms with Crippen LogP contribution >= 0.6 is 0 Å². The minimum absolute atomic E-state index is 0.0229. The van der Waals surface area contributed by atoms with Gasteiger partial charge in [0, 0.05) is 40.5 Å². The summed E-state index contributed by atoms with van der Waals surface area (Å²) in [7, 11) is 0. The van der Waals surface area contributed by atoms with Gasteiger partial charge in [0.15, 0.2) is 0 Å². The number of carbonyl (C=O) groups excluding carboxylic acids is 3. The van der Waals surface area contributed by atoms with Gasteiger partial charge in [0.05, 0.1) is 5.52 Å². The molecule has 1 aliphatic rings. The van der Waals surface area contributed by atoms with E-state index in [9.17, 15) is 14.4 Å². The van der Waals surface area contributed by atoms with Gasteiger partial charge in [-0.1, -0.05) is 51.3 Å². The highest BCUT2D eigenvalue weighted by molar-refractivity contribution is 6.04. The summed E-state index contributed by atoms with van der Waals surface area (Å²) >= 11 is 0. The Labute approximate surface area is 200 Å². The molecule has 6 heteroatoms. The zero-order valence-electron chi connectivity index (χ0n) is 20.2. The Morgan fingerprint density at radius 2 is 1.71 bits per heavy atom. The molecule has 0 atom stereocenters. The summed E-state index contributed by atoms with van der Waals surface area (Å²) < 4.78 is 1.74. The molecule has 1 aliphatic heterocycles. The number of nitrogens with one attached hydrogen (secondary N) is 1. The van der Waals surface area contributed by atoms with E-state index in [4.69, 9.17) is 0 Å². The number of anilines is 1. The van der Waals surface area contributed by atoms with Crippen molar-refractivity contribution in [3.05, 3.63) is 90.7 Å². The van der Waals surface area contributed by atoms with Gasteiger partial charge in [-0.05, 0) is 56.2 Å². The molecule has 3 aromatic rings. The topological polar surface area (TPSA) is 71.4 Å². The second-order valence-corrected chi connectivity index (χ2v) is 8.71. The number of hydrogen-bond donors (Lipinski definition) is 1. The van der Waals surface area contributed by atoms with E-state index in [-0.39, 0.29) is 23.8 Å². The SMILES string of the molecule is C=CC(=O)Nc1cccc2c1CN(C(C)C)C2=O.C=CC(=O)n1c(C(C)C)cc2ccccc21. The highest BCUT2D eigenvalue weighted by Gasteiger charge is 2.30. The number of fused-ring (bicyclic) bond motifs is 2. The average molecular weight is 458 g/mol. The van der Waals surface area contributed by atoms with Gasteiger partial charge in [0.2, 0.25) is 5.91 Å². The quantitative estimate of drug-likeness (QED) is 0.495. The number of nitrogens with zero attached hydrogens (tertiary/aromatic N) is 2. The van der Waals surface area contributed by atoms with E-state index in [2.05, 4.69) is 38.4 Å². The summed E-state index contributed by atoms with van der Waals surface area (Å²) in [6.45, 7) is 15.6. The molecular formula is C28H31N3O3. The van der Waals surface area contributed by atoms with Gasteiger partial charge >= 0.3 is 0 Å². The monoisotopic (exact) mass is 457 g/mol. The molecule has 2 aromatic carbocycles. The van der Waals surface area contributed by atoms with Crippen molar-refractivity contribution in [2.45, 2.75) is 46.2 Å². The maximum atomic E-state index is 12.1. The van der Waals surface area contributed by atoms with Crippen molar-refractivity contribution in [1.82, 2.24) is 9.47 Å². The van der Waals surface area contributed by atoms with E-state index in [1.807, 2.05) is 38.1 Å². The molecule has 1 N–H and O–H groups in total. The number of hydrogen-bond acceptors (Lipinski definition) is 3. The highest BCUT2D eigenvalue weighted by atomic mass is 16.2. The Kier molecular flexibility index (Phi) is 7.51. The van der Waals surface area contributed by atoms with Crippen molar-refractivity contribution in [2.24, 2.45) is 0 Å². The van der Waals surface area contributed by atoms with Crippen LogP contribution in [0.5, 0.6) is 0 Å². The number of rotatable bonds is 5. The van der Waals surface area contributed by atoms with Gasteiger partial charge in [-0.2, -0.15) is 0 Å². The molecule has 176 valence electrons. The second-order valence-electron chi connectivity index (χ2n) is 8.71. The zero-order chi connectivity index (χ0) is 25.0. The molecule has 0 aliphatic carbocycles. The molecule has 6 nitrogen and oxygen atoms in total. The summed E-state index contributed by atoms with van der Waals surface area (Å²) in [5, 5.41) is 3.83. The predicted molar refractivity (Wildman–Crippen MR) is 137 cm³/mol. The van der Waals surface area contributed by atoms with Gasteiger partial charge in [0.1, 0.15) is 0 Å². The third kappa shape index (κ3) is 4.86. The standard InChI is InChI=1S/C14H16N2O2.C14H15NO/c1-4-13(17)15-12-7-5-6-10-11(12)8-16(9(2)3)14(10)18;1-4-14(16)15-12-8-6-5-7-11(12)9-13(15)10(2)3/h4-7,9H,1,8H2,2-3H3,(H,15,17);4-10H,1H2,2-3H3. The fourth-order valence-corrected chi connectivity index (χ4v) is 4.01. The Balaban J connectivity index is 0.000000192. The van der Waals surface area contributed by atoms with Crippen LogP contribution in [0.25, 0.3) is 10.9 Å². The van der Waals surface area contributed by atoms with Crippen molar-refractivity contribution < 1.29 is 14.4 Å². The van der Waals surface area contributed by atoms with Crippen LogP contribution in [0.4, 0.5) is 5.69 Å². The lowest BCUT2D eigenvalue weighted by Gasteiger charge is -2.20. The van der Waals surface area contributed by atoms with E-state index in [0.717, 1.165) is 22.2 Å². The lowest BCUT2D eigenvalue weighted by molar-refractivity contribution is -0.111. The van der Waals surface area contributed by atoms with Crippen LogP contribution in [0.1, 0.15) is 60.0 Å². The van der Waals surface area contributed by atoms with E-state index >= 15 is 0 Å². The normalized spacial score (nSPS) is 12.4. The Hall–Kier alpha value is -3.93. The number of para-hydroxylation sites is 1. The number of allylic oxidation sites excluding steroid dienone is 1. The van der Waals surface area contributed by atoms with Crippen LogP contribution < -0.4 is 5.32 Å². The fourth-order valence-electron chi connectivity index (χ4n) is 4.01. The molecule has 34 heavy (non-hydrogen) atoms. The van der Waals surface area contributed by atoms with Crippen molar-refractivity contribution in [3.8, 4) is 0 Å². The summed E-state index contributed by atoms with van der Waals surface area (Å²) in [5.74, 6) is 0.00903. The van der Waals surface area contributed by atoms with Crippen molar-refractivity contribution in [2.75, 3.05) is 5.32 Å². The minimum atomic E-state index is -0.265. The van der Waals surface area contributed by atoms with Gasteiger partial charge in [-0.15, -0.1) is 0 Å². The van der Waals surface area contributed by atoms with Gasteiger partial charge in [0.25, 0.3) is 11.8 Å². The molecule has 0 unspecified atom stereocenters. The second kappa shape index (κ2) is 10.3. The summed E-state index contributed by atoms with van der Waals surface area (Å²) in [6, 6.07) is 15.5. The maximum absolute atomic E-state index is 12.1. The van der Waals surface area contributed by atoms with Crippen LogP contribution in [0.3, 0.4) is 0 Å². The number of amides is 2. The van der Waals surface area contributed by atoms with Crippen LogP contribution in [-0.2, 0) is 11.3 Å². The molecule has 0 radical (unpaired) electrons. The Morgan fingerprint density at radius 1 is 1.00 bits per heavy atom. The summed E-state index contributed by atoms with van der Waals surface area (Å²) in [5.41, 5.74) is 4.23. The van der Waals surface area contributed by atoms with Crippen molar-refractivity contribution in [1.29, 1.82) is 0 Å². The number of aromatic nitrogens is 1.